The van der Waals surface area contributed by atoms with Gasteiger partial charge in [0, 0.05) is 34.1 Å². The first-order chi connectivity index (χ1) is 0. The molecule has 0 aromatic heterocycles. The van der Waals surface area contributed by atoms with Crippen LogP contribution in [-0.4, -0.2) is 38.3 Å². The van der Waals surface area contributed by atoms with E-state index < -0.39 is 0 Å². The van der Waals surface area contributed by atoms with Crippen molar-refractivity contribution in [2.24, 2.45) is 0 Å². The van der Waals surface area contributed by atoms with Crippen LogP contribution in [0.5, 0.6) is 0 Å². The largest absolute Gasteiger partial charge is 0.0149 e. The van der Waals surface area contributed by atoms with E-state index in [1.165, 1.54) is 0 Å². The minimum atomic E-state index is 0. The van der Waals surface area contributed by atoms with Crippen molar-refractivity contribution < 1.29 is 34.1 Å². The van der Waals surface area contributed by atoms with E-state index in [0.29, 0.717) is 0 Å². The van der Waals surface area contributed by atoms with Gasteiger partial charge in [-0.25, -0.2) is 0 Å². The van der Waals surface area contributed by atoms with Gasteiger partial charge in [-0.1, -0.05) is 0 Å². The fourth-order valence-corrected chi connectivity index (χ4v) is 0. The second kappa shape index (κ2) is 19.1. The van der Waals surface area contributed by atoms with Gasteiger partial charge in [0.15, 0.2) is 0 Å². The predicted molar refractivity (Wildman–Crippen MR) is 19.9 cm³/mol. The van der Waals surface area contributed by atoms with Crippen molar-refractivity contribution in [3.63, 3.8) is 0 Å². The zero-order valence-electron chi connectivity index (χ0n) is 1.36. The van der Waals surface area contributed by atoms with Crippen LogP contribution >= 0.6 is 0 Å². The molecule has 0 unspecified atom stereocenters. The van der Waals surface area contributed by atoms with Crippen LogP contribution in [-0.2, 0) is 34.1 Å². The Hall–Kier alpha value is 2.18. The molecule has 0 fully saturated rings. The van der Waals surface area contributed by atoms with Crippen LogP contribution in [0.3, 0.4) is 0 Å². The molecule has 0 nitrogen and oxygen atoms in total. The van der Waals surface area contributed by atoms with Gasteiger partial charge >= 0.3 is 27.3 Å². The standard InChI is InChI=1S/Cu.Fe.Pb.H4Si.2H/h;;;1H4;;. The first-order valence-electron chi connectivity index (χ1n) is 0. The van der Waals surface area contributed by atoms with Gasteiger partial charge in [-0.3, -0.25) is 0 Å². The maximum Gasteiger partial charge on any atom is -0.0149 e. The van der Waals surface area contributed by atoms with Gasteiger partial charge in [0.05, 0.1) is 0 Å². The van der Waals surface area contributed by atoms with Gasteiger partial charge in [0.1, 0.15) is 0 Å². The van der Waals surface area contributed by atoms with Gasteiger partial charge in [0.25, 0.3) is 0 Å². The van der Waals surface area contributed by atoms with Gasteiger partial charge < -0.3 is 0 Å². The number of rotatable bonds is 0. The molecule has 4 heteroatoms. The van der Waals surface area contributed by atoms with Crippen LogP contribution in [0.25, 0.3) is 0 Å². The molecule has 0 rings (SSSR count). The van der Waals surface area contributed by atoms with Gasteiger partial charge in [-0.15, -0.1) is 0 Å². The van der Waals surface area contributed by atoms with E-state index in [9.17, 15) is 0 Å². The average molecular weight is 361 g/mol. The molecule has 0 atom stereocenters. The Morgan fingerprint density at radius 2 is 1.00 bits per heavy atom. The molecule has 0 aliphatic rings. The van der Waals surface area contributed by atoms with Gasteiger partial charge in [-0.05, 0) is 11.0 Å². The van der Waals surface area contributed by atoms with Crippen molar-refractivity contribution in [2.45, 2.75) is 0 Å². The Morgan fingerprint density at radius 1 is 1.00 bits per heavy atom. The summed E-state index contributed by atoms with van der Waals surface area (Å²) in [6.07, 6.45) is 0. The van der Waals surface area contributed by atoms with E-state index in [1.54, 1.807) is 0 Å². The Labute approximate surface area is 71.6 Å². The minimum absolute atomic E-state index is 0. The summed E-state index contributed by atoms with van der Waals surface area (Å²) in [6.45, 7) is 0. The molecular formula is H6CuFePbSi. The normalized spacial score (nSPS) is 0. The van der Waals surface area contributed by atoms with Crippen molar-refractivity contribution in [3.8, 4) is 0 Å². The van der Waals surface area contributed by atoms with Crippen LogP contribution in [0.2, 0.25) is 0 Å². The molecule has 0 saturated heterocycles. The van der Waals surface area contributed by atoms with Crippen LogP contribution in [0.1, 0.15) is 0 Å². The minimum Gasteiger partial charge on any atom is -0.0149 e. The Morgan fingerprint density at radius 3 is 1.00 bits per heavy atom. The van der Waals surface area contributed by atoms with Gasteiger partial charge in [0.2, 0.25) is 0 Å². The van der Waals surface area contributed by atoms with E-state index in [-0.39, 0.29) is 72.4 Å². The Kier molecular flexibility index (Phi) is 166. The monoisotopic (exact) mass is 361 g/mol. The van der Waals surface area contributed by atoms with E-state index in [2.05, 4.69) is 0 Å². The summed E-state index contributed by atoms with van der Waals surface area (Å²) in [7, 11) is 0. The second-order valence-corrected chi connectivity index (χ2v) is 0. The molecule has 0 aliphatic carbocycles. The van der Waals surface area contributed by atoms with Crippen molar-refractivity contribution in [2.75, 3.05) is 0 Å². The third kappa shape index (κ3) is 8.90. The quantitative estimate of drug-likeness (QED) is 0.424. The molecule has 0 bridgehead atoms. The molecule has 0 heterocycles. The van der Waals surface area contributed by atoms with Crippen LogP contribution in [0, 0.1) is 0 Å². The molecule has 4 heavy (non-hydrogen) atoms. The van der Waals surface area contributed by atoms with E-state index in [1.807, 2.05) is 0 Å². The summed E-state index contributed by atoms with van der Waals surface area (Å²) in [5.74, 6) is 0. The summed E-state index contributed by atoms with van der Waals surface area (Å²) in [5.41, 5.74) is 0. The van der Waals surface area contributed by atoms with Crippen molar-refractivity contribution >= 4 is 38.3 Å². The molecule has 0 spiro atoms. The van der Waals surface area contributed by atoms with E-state index in [0.717, 1.165) is 0 Å². The fourth-order valence-electron chi connectivity index (χ4n) is 0. The van der Waals surface area contributed by atoms with Crippen molar-refractivity contribution in [1.82, 2.24) is 0 Å². The molecular weight excluding hydrogens is 355 g/mol. The first kappa shape index (κ1) is 34.9. The van der Waals surface area contributed by atoms with Crippen LogP contribution < -0.4 is 0 Å². The maximum absolute atomic E-state index is 0. The van der Waals surface area contributed by atoms with E-state index >= 15 is 0 Å². The smallest absolute Gasteiger partial charge is 0.0149 e. The third-order valence-corrected chi connectivity index (χ3v) is 0. The Balaban J connectivity index is 0. The molecule has 0 saturated carbocycles. The summed E-state index contributed by atoms with van der Waals surface area (Å²) in [4.78, 5) is 0. The number of hydrogen-bond acceptors (Lipinski definition) is 0. The summed E-state index contributed by atoms with van der Waals surface area (Å²) in [6, 6.07) is 0. The molecule has 0 N–H and O–H groups in total. The molecule has 33 valence electrons. The van der Waals surface area contributed by atoms with Gasteiger partial charge in [-0.2, -0.15) is 0 Å². The number of hydrogen-bond donors (Lipinski definition) is 0. The average Bonchev–Trinajstić information content (AvgIpc) is 0. The molecule has 0 aromatic rings. The zero-order valence-corrected chi connectivity index (χ0v) is 8.91. The van der Waals surface area contributed by atoms with Crippen LogP contribution in [0.4, 0.5) is 0 Å². The summed E-state index contributed by atoms with van der Waals surface area (Å²) in [5, 5.41) is 0. The first-order valence-corrected chi connectivity index (χ1v) is 0. The van der Waals surface area contributed by atoms with E-state index in [4.69, 9.17) is 0 Å². The topological polar surface area (TPSA) is 0 Å². The SMILES string of the molecule is [Cu].[Fe].[PbH2].[SiH4]. The molecule has 3 radical (unpaired) electrons. The Bertz CT molecular complexity index is 8.00. The predicted octanol–water partition coefficient (Wildman–Crippen LogP) is -2.37. The molecule has 0 aliphatic heterocycles. The van der Waals surface area contributed by atoms with Crippen molar-refractivity contribution in [3.05, 3.63) is 0 Å². The fraction of sp³-hybridized carbons (Fsp3) is 0. The second-order valence-electron chi connectivity index (χ2n) is 0. The molecule has 0 aromatic carbocycles. The summed E-state index contributed by atoms with van der Waals surface area (Å²) < 4.78 is 0. The third-order valence-electron chi connectivity index (χ3n) is 0. The van der Waals surface area contributed by atoms with Crippen molar-refractivity contribution in [1.29, 1.82) is 0 Å². The van der Waals surface area contributed by atoms with Crippen LogP contribution in [0.15, 0.2) is 0 Å². The summed E-state index contributed by atoms with van der Waals surface area (Å²) >= 11 is 0. The zero-order chi connectivity index (χ0) is 0. The molecule has 0 amide bonds. The maximum atomic E-state index is 0.